The van der Waals surface area contributed by atoms with Gasteiger partial charge in [0.1, 0.15) is 11.7 Å². The van der Waals surface area contributed by atoms with Gasteiger partial charge in [-0.1, -0.05) is 36.4 Å². The van der Waals surface area contributed by atoms with Crippen molar-refractivity contribution >= 4 is 16.7 Å². The van der Waals surface area contributed by atoms with Gasteiger partial charge in [-0.15, -0.1) is 9.36 Å². The summed E-state index contributed by atoms with van der Waals surface area (Å²) in [5, 5.41) is 13.3. The molecule has 1 heterocycles. The van der Waals surface area contributed by atoms with Gasteiger partial charge in [-0.25, -0.2) is 0 Å². The normalized spacial score (nSPS) is 10.9. The topological polar surface area (TPSA) is 48.9 Å². The van der Waals surface area contributed by atoms with Crippen LogP contribution in [0, 0.1) is 6.92 Å². The Labute approximate surface area is 116 Å². The SMILES string of the molecule is Cc1cc(C(=O)[O-])[n+](C)n1-c1cccc2ccccc12. The van der Waals surface area contributed by atoms with Gasteiger partial charge in [0, 0.05) is 11.5 Å². The molecule has 0 unspecified atom stereocenters. The third kappa shape index (κ3) is 1.77. The Bertz CT molecular complexity index is 813. The highest BCUT2D eigenvalue weighted by atomic mass is 16.4. The fourth-order valence-electron chi connectivity index (χ4n) is 2.63. The summed E-state index contributed by atoms with van der Waals surface area (Å²) in [6.07, 6.45) is 0. The summed E-state index contributed by atoms with van der Waals surface area (Å²) in [5.74, 6) is -1.17. The molecule has 2 aromatic carbocycles. The van der Waals surface area contributed by atoms with Gasteiger partial charge in [-0.3, -0.25) is 0 Å². The van der Waals surface area contributed by atoms with Crippen molar-refractivity contribution in [2.45, 2.75) is 6.92 Å². The number of benzene rings is 2. The summed E-state index contributed by atoms with van der Waals surface area (Å²) in [6.45, 7) is 1.88. The van der Waals surface area contributed by atoms with Gasteiger partial charge in [0.2, 0.25) is 0 Å². The van der Waals surface area contributed by atoms with Crippen molar-refractivity contribution in [2.75, 3.05) is 0 Å². The maximum absolute atomic E-state index is 11.1. The van der Waals surface area contributed by atoms with Gasteiger partial charge in [-0.2, -0.15) is 0 Å². The molecule has 0 saturated heterocycles. The first-order valence-electron chi connectivity index (χ1n) is 6.37. The number of carbonyl (C=O) groups excluding carboxylic acids is 1. The average molecular weight is 266 g/mol. The standard InChI is InChI=1S/C16H14N2O2/c1-11-10-15(16(19)20)17(2)18(11)14-9-5-7-12-6-3-4-8-13(12)14/h3-10H,1-2H3. The predicted octanol–water partition coefficient (Wildman–Crippen LogP) is 1.13. The molecule has 0 aliphatic rings. The highest BCUT2D eigenvalue weighted by molar-refractivity contribution is 5.90. The van der Waals surface area contributed by atoms with Crippen LogP contribution in [0.3, 0.4) is 0 Å². The van der Waals surface area contributed by atoms with E-state index in [-0.39, 0.29) is 5.69 Å². The second-order valence-electron chi connectivity index (χ2n) is 4.79. The van der Waals surface area contributed by atoms with Gasteiger partial charge in [0.15, 0.2) is 7.05 Å². The first-order chi connectivity index (χ1) is 9.59. The lowest BCUT2D eigenvalue weighted by Crippen LogP contribution is -2.46. The number of fused-ring (bicyclic) bond motifs is 1. The first-order valence-corrected chi connectivity index (χ1v) is 6.37. The summed E-state index contributed by atoms with van der Waals surface area (Å²) in [5.41, 5.74) is 1.97. The lowest BCUT2D eigenvalue weighted by Gasteiger charge is -2.07. The van der Waals surface area contributed by atoms with E-state index in [0.29, 0.717) is 0 Å². The molecular weight excluding hydrogens is 252 g/mol. The Balaban J connectivity index is 2.34. The summed E-state index contributed by atoms with van der Waals surface area (Å²) in [7, 11) is 1.72. The first kappa shape index (κ1) is 12.4. The Kier molecular flexibility index (Phi) is 2.79. The molecule has 0 saturated carbocycles. The van der Waals surface area contributed by atoms with Crippen LogP contribution in [-0.2, 0) is 7.05 Å². The second-order valence-corrected chi connectivity index (χ2v) is 4.79. The van der Waals surface area contributed by atoms with E-state index in [0.717, 1.165) is 22.2 Å². The molecular formula is C16H14N2O2. The largest absolute Gasteiger partial charge is 0.539 e. The number of carbonyl (C=O) groups is 1. The molecule has 1 aromatic heterocycles. The van der Waals surface area contributed by atoms with E-state index in [9.17, 15) is 9.90 Å². The van der Waals surface area contributed by atoms with Gasteiger partial charge >= 0.3 is 0 Å². The fourth-order valence-corrected chi connectivity index (χ4v) is 2.63. The third-order valence-electron chi connectivity index (χ3n) is 3.53. The lowest BCUT2D eigenvalue weighted by molar-refractivity contribution is -0.747. The minimum absolute atomic E-state index is 0.162. The van der Waals surface area contributed by atoms with E-state index in [1.54, 1.807) is 17.8 Å². The molecule has 0 aliphatic heterocycles. The molecule has 100 valence electrons. The molecule has 0 bridgehead atoms. The van der Waals surface area contributed by atoms with E-state index in [1.165, 1.54) is 0 Å². The molecule has 0 atom stereocenters. The Morgan fingerprint density at radius 1 is 1.15 bits per heavy atom. The van der Waals surface area contributed by atoms with Crippen molar-refractivity contribution in [3.8, 4) is 5.69 Å². The minimum Gasteiger partial charge on any atom is -0.539 e. The van der Waals surface area contributed by atoms with E-state index in [1.807, 2.05) is 54.1 Å². The van der Waals surface area contributed by atoms with Crippen LogP contribution in [0.2, 0.25) is 0 Å². The zero-order chi connectivity index (χ0) is 14.3. The number of carboxylic acids is 1. The fraction of sp³-hybridized carbons (Fsp3) is 0.125. The summed E-state index contributed by atoms with van der Waals surface area (Å²) < 4.78 is 3.49. The van der Waals surface area contributed by atoms with Crippen LogP contribution in [0.1, 0.15) is 16.2 Å². The van der Waals surface area contributed by atoms with Crippen LogP contribution in [-0.4, -0.2) is 10.7 Å². The molecule has 3 aromatic rings. The molecule has 0 radical (unpaired) electrons. The number of aromatic carboxylic acids is 1. The number of aryl methyl sites for hydroxylation is 1. The Morgan fingerprint density at radius 3 is 2.55 bits per heavy atom. The lowest BCUT2D eigenvalue weighted by atomic mass is 10.1. The number of rotatable bonds is 2. The quantitative estimate of drug-likeness (QED) is 0.653. The number of nitrogens with zero attached hydrogens (tertiary/aromatic N) is 2. The second kappa shape index (κ2) is 4.49. The zero-order valence-corrected chi connectivity index (χ0v) is 11.3. The number of aromatic nitrogens is 2. The summed E-state index contributed by atoms with van der Waals surface area (Å²) in [6, 6.07) is 15.6. The minimum atomic E-state index is -1.17. The van der Waals surface area contributed by atoms with Crippen molar-refractivity contribution in [1.29, 1.82) is 0 Å². The van der Waals surface area contributed by atoms with Crippen molar-refractivity contribution in [2.24, 2.45) is 7.05 Å². The number of hydrogen-bond acceptors (Lipinski definition) is 2. The third-order valence-corrected chi connectivity index (χ3v) is 3.53. The zero-order valence-electron chi connectivity index (χ0n) is 11.3. The smallest absolute Gasteiger partial charge is 0.254 e. The molecule has 0 fully saturated rings. The van der Waals surface area contributed by atoms with Crippen molar-refractivity contribution in [3.05, 3.63) is 59.9 Å². The van der Waals surface area contributed by atoms with Crippen LogP contribution >= 0.6 is 0 Å². The molecule has 0 N–H and O–H groups in total. The Hall–Kier alpha value is -2.62. The van der Waals surface area contributed by atoms with Gasteiger partial charge < -0.3 is 9.90 Å². The van der Waals surface area contributed by atoms with Crippen molar-refractivity contribution < 1.29 is 14.6 Å². The molecule has 4 heteroatoms. The van der Waals surface area contributed by atoms with Gasteiger partial charge in [0.25, 0.3) is 5.69 Å². The van der Waals surface area contributed by atoms with E-state index in [4.69, 9.17) is 0 Å². The van der Waals surface area contributed by atoms with Crippen LogP contribution in [0.5, 0.6) is 0 Å². The van der Waals surface area contributed by atoms with E-state index < -0.39 is 5.97 Å². The van der Waals surface area contributed by atoms with E-state index in [2.05, 4.69) is 0 Å². The number of hydrogen-bond donors (Lipinski definition) is 0. The molecule has 3 rings (SSSR count). The molecule has 0 amide bonds. The maximum Gasteiger partial charge on any atom is 0.254 e. The molecule has 0 aliphatic carbocycles. The van der Waals surface area contributed by atoms with Crippen molar-refractivity contribution in [1.82, 2.24) is 4.68 Å². The van der Waals surface area contributed by atoms with Gasteiger partial charge in [-0.05, 0) is 18.4 Å². The maximum atomic E-state index is 11.1. The highest BCUT2D eigenvalue weighted by Gasteiger charge is 2.20. The average Bonchev–Trinajstić information content (AvgIpc) is 2.74. The molecule has 20 heavy (non-hydrogen) atoms. The molecule has 0 spiro atoms. The van der Waals surface area contributed by atoms with Crippen LogP contribution in [0.4, 0.5) is 0 Å². The predicted molar refractivity (Wildman–Crippen MR) is 73.5 cm³/mol. The van der Waals surface area contributed by atoms with Gasteiger partial charge in [0.05, 0.1) is 5.69 Å². The summed E-state index contributed by atoms with van der Waals surface area (Å²) in [4.78, 5) is 11.1. The van der Waals surface area contributed by atoms with Crippen LogP contribution in [0.25, 0.3) is 16.5 Å². The van der Waals surface area contributed by atoms with Crippen molar-refractivity contribution in [3.63, 3.8) is 0 Å². The number of carboxylic acid groups (broad SMARTS) is 1. The molecule has 4 nitrogen and oxygen atoms in total. The highest BCUT2D eigenvalue weighted by Crippen LogP contribution is 2.22. The monoisotopic (exact) mass is 266 g/mol. The Morgan fingerprint density at radius 2 is 1.85 bits per heavy atom. The summed E-state index contributed by atoms with van der Waals surface area (Å²) >= 11 is 0. The van der Waals surface area contributed by atoms with Crippen LogP contribution < -0.4 is 9.79 Å². The van der Waals surface area contributed by atoms with E-state index >= 15 is 0 Å². The van der Waals surface area contributed by atoms with Crippen LogP contribution in [0.15, 0.2) is 48.5 Å².